The Bertz CT molecular complexity index is 644. The Morgan fingerprint density at radius 3 is 2.56 bits per heavy atom. The summed E-state index contributed by atoms with van der Waals surface area (Å²) in [5, 5.41) is 11.2. The van der Waals surface area contributed by atoms with Gasteiger partial charge >= 0.3 is 0 Å². The molecule has 2 aromatic rings. The second-order valence-corrected chi connectivity index (χ2v) is 3.69. The maximum Gasteiger partial charge on any atom is 0.223 e. The molecule has 0 saturated heterocycles. The van der Waals surface area contributed by atoms with Crippen LogP contribution in [-0.2, 0) is 0 Å². The quantitative estimate of drug-likeness (QED) is 0.436. The first-order valence-corrected chi connectivity index (χ1v) is 5.22. The first-order chi connectivity index (χ1) is 8.56. The van der Waals surface area contributed by atoms with E-state index in [9.17, 15) is 5.11 Å². The highest BCUT2D eigenvalue weighted by atomic mass is 16.3. The zero-order valence-electron chi connectivity index (χ0n) is 9.54. The fraction of sp³-hybridized carbons (Fsp3) is 0. The Hall–Kier alpha value is -2.76. The van der Waals surface area contributed by atoms with Gasteiger partial charge < -0.3 is 22.3 Å². The van der Waals surface area contributed by atoms with E-state index >= 15 is 0 Å². The predicted molar refractivity (Wildman–Crippen MR) is 72.7 cm³/mol. The van der Waals surface area contributed by atoms with Crippen molar-refractivity contribution in [2.75, 3.05) is 0 Å². The van der Waals surface area contributed by atoms with Crippen molar-refractivity contribution in [1.82, 2.24) is 0 Å². The molecule has 0 saturated carbocycles. The van der Waals surface area contributed by atoms with Crippen LogP contribution in [0.5, 0.6) is 5.75 Å². The lowest BCUT2D eigenvalue weighted by atomic mass is 10.1. The van der Waals surface area contributed by atoms with E-state index in [1.165, 1.54) is 0 Å². The first-order valence-electron chi connectivity index (χ1n) is 5.22. The lowest BCUT2D eigenvalue weighted by molar-refractivity contribution is 0.476. The summed E-state index contributed by atoms with van der Waals surface area (Å²) >= 11 is 0. The molecule has 0 amide bonds. The topological polar surface area (TPSA) is 123 Å². The van der Waals surface area contributed by atoms with Gasteiger partial charge in [-0.2, -0.15) is 4.99 Å². The molecule has 18 heavy (non-hydrogen) atoms. The average Bonchev–Trinajstić information content (AvgIpc) is 2.28. The van der Waals surface area contributed by atoms with Crippen molar-refractivity contribution in [2.45, 2.75) is 0 Å². The Morgan fingerprint density at radius 1 is 1.06 bits per heavy atom. The van der Waals surface area contributed by atoms with Gasteiger partial charge in [0.15, 0.2) is 5.96 Å². The van der Waals surface area contributed by atoms with Crippen LogP contribution in [0.1, 0.15) is 0 Å². The van der Waals surface area contributed by atoms with E-state index < -0.39 is 0 Å². The van der Waals surface area contributed by atoms with Crippen LogP contribution in [0.4, 0.5) is 5.69 Å². The molecule has 0 bridgehead atoms. The van der Waals surface area contributed by atoms with Crippen LogP contribution in [0.2, 0.25) is 0 Å². The molecule has 0 aliphatic rings. The molecule has 0 spiro atoms. The molecule has 0 aliphatic carbocycles. The smallest absolute Gasteiger partial charge is 0.223 e. The molecule has 2 aromatic carbocycles. The number of guanidine groups is 2. The normalized spacial score (nSPS) is 11.4. The molecule has 0 aromatic heterocycles. The number of phenolic OH excluding ortho intramolecular Hbond substituents is 1. The summed E-state index contributed by atoms with van der Waals surface area (Å²) in [5.41, 5.74) is 16.6. The van der Waals surface area contributed by atoms with Gasteiger partial charge in [0.1, 0.15) is 5.75 Å². The Labute approximate surface area is 103 Å². The summed E-state index contributed by atoms with van der Waals surface area (Å²) in [6, 6.07) is 10.5. The van der Waals surface area contributed by atoms with Gasteiger partial charge in [-0.25, -0.2) is 4.99 Å². The van der Waals surface area contributed by atoms with Gasteiger partial charge in [0, 0.05) is 5.39 Å². The lowest BCUT2D eigenvalue weighted by Crippen LogP contribution is -2.26. The minimum atomic E-state index is -0.153. The van der Waals surface area contributed by atoms with Crippen molar-refractivity contribution in [3.8, 4) is 5.75 Å². The molecule has 0 heterocycles. The number of nitrogens with zero attached hydrogens (tertiary/aromatic N) is 2. The number of benzene rings is 2. The van der Waals surface area contributed by atoms with Gasteiger partial charge in [0.2, 0.25) is 5.96 Å². The Kier molecular flexibility index (Phi) is 3.01. The molecule has 0 radical (unpaired) electrons. The van der Waals surface area contributed by atoms with E-state index in [0.717, 1.165) is 10.8 Å². The summed E-state index contributed by atoms with van der Waals surface area (Å²) in [5.74, 6) is -0.0317. The fourth-order valence-electron chi connectivity index (χ4n) is 1.62. The average molecular weight is 243 g/mol. The Balaban J connectivity index is 2.58. The van der Waals surface area contributed by atoms with Crippen LogP contribution in [0, 0.1) is 0 Å². The number of aromatic hydroxyl groups is 1. The molecular weight excluding hydrogens is 230 g/mol. The highest BCUT2D eigenvalue weighted by molar-refractivity contribution is 5.98. The third kappa shape index (κ3) is 2.49. The molecule has 2 rings (SSSR count). The van der Waals surface area contributed by atoms with Crippen molar-refractivity contribution < 1.29 is 5.11 Å². The number of phenols is 1. The Morgan fingerprint density at radius 2 is 1.83 bits per heavy atom. The van der Waals surface area contributed by atoms with Crippen LogP contribution in [-0.4, -0.2) is 17.0 Å². The monoisotopic (exact) mass is 243 g/mol. The van der Waals surface area contributed by atoms with E-state index in [1.807, 2.05) is 12.1 Å². The van der Waals surface area contributed by atoms with E-state index in [1.54, 1.807) is 24.3 Å². The van der Waals surface area contributed by atoms with Crippen LogP contribution >= 0.6 is 0 Å². The van der Waals surface area contributed by atoms with Crippen molar-refractivity contribution in [3.63, 3.8) is 0 Å². The third-order valence-electron chi connectivity index (χ3n) is 2.32. The molecule has 0 fully saturated rings. The number of hydrogen-bond donors (Lipinski definition) is 4. The molecular formula is C12H13N5O. The summed E-state index contributed by atoms with van der Waals surface area (Å²) in [6.07, 6.45) is 0. The van der Waals surface area contributed by atoms with Gasteiger partial charge in [-0.3, -0.25) is 0 Å². The number of fused-ring (bicyclic) bond motifs is 1. The van der Waals surface area contributed by atoms with Crippen LogP contribution in [0.25, 0.3) is 10.8 Å². The second kappa shape index (κ2) is 4.62. The summed E-state index contributed by atoms with van der Waals surface area (Å²) < 4.78 is 0. The third-order valence-corrected chi connectivity index (χ3v) is 2.32. The maximum absolute atomic E-state index is 9.49. The van der Waals surface area contributed by atoms with E-state index in [0.29, 0.717) is 5.69 Å². The zero-order valence-corrected chi connectivity index (χ0v) is 9.54. The highest BCUT2D eigenvalue weighted by Crippen LogP contribution is 2.28. The van der Waals surface area contributed by atoms with Crippen LogP contribution in [0.15, 0.2) is 46.4 Å². The molecule has 0 atom stereocenters. The zero-order chi connectivity index (χ0) is 13.1. The van der Waals surface area contributed by atoms with E-state index in [-0.39, 0.29) is 17.7 Å². The first kappa shape index (κ1) is 11.7. The van der Waals surface area contributed by atoms with Gasteiger partial charge in [-0.1, -0.05) is 18.2 Å². The minimum Gasteiger partial charge on any atom is -0.508 e. The highest BCUT2D eigenvalue weighted by Gasteiger charge is 2.01. The van der Waals surface area contributed by atoms with Gasteiger partial charge in [-0.05, 0) is 23.6 Å². The second-order valence-electron chi connectivity index (χ2n) is 3.69. The number of rotatable bonds is 1. The molecule has 0 aliphatic heterocycles. The predicted octanol–water partition coefficient (Wildman–Crippen LogP) is 0.765. The van der Waals surface area contributed by atoms with Crippen LogP contribution < -0.4 is 17.2 Å². The SMILES string of the molecule is NC(N)=NC(N)=Nc1cccc2ccc(O)cc12. The summed E-state index contributed by atoms with van der Waals surface area (Å²) in [7, 11) is 0. The summed E-state index contributed by atoms with van der Waals surface area (Å²) in [6.45, 7) is 0. The molecule has 92 valence electrons. The lowest BCUT2D eigenvalue weighted by Gasteiger charge is -2.03. The fourth-order valence-corrected chi connectivity index (χ4v) is 1.62. The van der Waals surface area contributed by atoms with Crippen molar-refractivity contribution in [1.29, 1.82) is 0 Å². The van der Waals surface area contributed by atoms with E-state index in [4.69, 9.17) is 17.2 Å². The molecule has 6 heteroatoms. The largest absolute Gasteiger partial charge is 0.508 e. The molecule has 7 N–H and O–H groups in total. The summed E-state index contributed by atoms with van der Waals surface area (Å²) in [4.78, 5) is 7.74. The number of aliphatic imine (C=N–C) groups is 2. The number of nitrogens with two attached hydrogens (primary N) is 3. The van der Waals surface area contributed by atoms with Gasteiger partial charge in [0.05, 0.1) is 5.69 Å². The van der Waals surface area contributed by atoms with Crippen LogP contribution in [0.3, 0.4) is 0 Å². The molecule has 6 nitrogen and oxygen atoms in total. The van der Waals surface area contributed by atoms with Crippen molar-refractivity contribution in [2.24, 2.45) is 27.2 Å². The van der Waals surface area contributed by atoms with E-state index in [2.05, 4.69) is 9.98 Å². The minimum absolute atomic E-state index is 0.0363. The van der Waals surface area contributed by atoms with Gasteiger partial charge in [0.25, 0.3) is 0 Å². The standard InChI is InChI=1S/C12H13N5O/c13-11(14)17-12(15)16-10-3-1-2-7-4-5-8(18)6-9(7)10/h1-6,18H,(H6,13,14,15,16,17). The molecule has 0 unspecified atom stereocenters. The van der Waals surface area contributed by atoms with Crippen molar-refractivity contribution >= 4 is 28.4 Å². The van der Waals surface area contributed by atoms with Crippen molar-refractivity contribution in [3.05, 3.63) is 36.4 Å². The maximum atomic E-state index is 9.49. The number of hydrogen-bond acceptors (Lipinski definition) is 2. The van der Waals surface area contributed by atoms with Gasteiger partial charge in [-0.15, -0.1) is 0 Å².